The number of carboxylic acids is 1. The van der Waals surface area contributed by atoms with Crippen LogP contribution >= 0.6 is 0 Å². The summed E-state index contributed by atoms with van der Waals surface area (Å²) in [5.41, 5.74) is -0.579. The molecule has 1 aromatic rings. The zero-order valence-corrected chi connectivity index (χ0v) is 11.1. The van der Waals surface area contributed by atoms with Crippen molar-refractivity contribution in [2.45, 2.75) is 45.1 Å². The highest BCUT2D eigenvalue weighted by Crippen LogP contribution is 2.38. The van der Waals surface area contributed by atoms with Crippen LogP contribution in [0.15, 0.2) is 4.52 Å². The van der Waals surface area contributed by atoms with Crippen molar-refractivity contribution in [2.75, 3.05) is 13.1 Å². The lowest BCUT2D eigenvalue weighted by Crippen LogP contribution is -2.42. The van der Waals surface area contributed by atoms with Crippen molar-refractivity contribution < 1.29 is 14.4 Å². The molecule has 104 valence electrons. The van der Waals surface area contributed by atoms with Gasteiger partial charge in [0.05, 0.1) is 12.0 Å². The van der Waals surface area contributed by atoms with Gasteiger partial charge in [-0.15, -0.1) is 0 Å². The molecule has 0 radical (unpaired) electrons. The number of hydrogen-bond acceptors (Lipinski definition) is 5. The first-order chi connectivity index (χ1) is 9.07. The molecule has 19 heavy (non-hydrogen) atoms. The zero-order valence-electron chi connectivity index (χ0n) is 11.1. The third-order valence-corrected chi connectivity index (χ3v) is 4.26. The summed E-state index contributed by atoms with van der Waals surface area (Å²) in [6.45, 7) is 3.99. The number of carbonyl (C=O) groups is 1. The van der Waals surface area contributed by atoms with E-state index in [4.69, 9.17) is 4.52 Å². The van der Waals surface area contributed by atoms with Crippen molar-refractivity contribution in [3.8, 4) is 0 Å². The molecule has 0 bridgehead atoms. The molecule has 0 atom stereocenters. The predicted molar refractivity (Wildman–Crippen MR) is 66.5 cm³/mol. The summed E-state index contributed by atoms with van der Waals surface area (Å²) < 4.78 is 5.25. The second-order valence-electron chi connectivity index (χ2n) is 5.96. The quantitative estimate of drug-likeness (QED) is 0.891. The Morgan fingerprint density at radius 1 is 1.47 bits per heavy atom. The molecule has 1 saturated heterocycles. The third kappa shape index (κ3) is 2.63. The van der Waals surface area contributed by atoms with Crippen LogP contribution in [0.3, 0.4) is 0 Å². The average molecular weight is 265 g/mol. The summed E-state index contributed by atoms with van der Waals surface area (Å²) in [6, 6.07) is 0. The third-order valence-electron chi connectivity index (χ3n) is 4.26. The maximum absolute atomic E-state index is 11.2. The molecule has 3 rings (SSSR count). The molecular weight excluding hydrogens is 246 g/mol. The van der Waals surface area contributed by atoms with Crippen molar-refractivity contribution in [1.82, 2.24) is 15.0 Å². The van der Waals surface area contributed by atoms with Gasteiger partial charge in [-0.3, -0.25) is 9.69 Å². The summed E-state index contributed by atoms with van der Waals surface area (Å²) in [6.07, 6.45) is 3.68. The lowest BCUT2D eigenvalue weighted by atomic mass is 9.80. The van der Waals surface area contributed by atoms with Crippen LogP contribution in [0.4, 0.5) is 0 Å². The minimum atomic E-state index is -0.694. The molecular formula is C13H19N3O3. The lowest BCUT2D eigenvalue weighted by molar-refractivity contribution is -0.150. The van der Waals surface area contributed by atoms with Gasteiger partial charge in [0.15, 0.2) is 5.82 Å². The van der Waals surface area contributed by atoms with Gasteiger partial charge < -0.3 is 9.63 Å². The van der Waals surface area contributed by atoms with Crippen LogP contribution in [-0.2, 0) is 11.3 Å². The van der Waals surface area contributed by atoms with E-state index in [2.05, 4.69) is 15.0 Å². The van der Waals surface area contributed by atoms with E-state index in [-0.39, 0.29) is 0 Å². The van der Waals surface area contributed by atoms with Crippen LogP contribution in [0.25, 0.3) is 0 Å². The van der Waals surface area contributed by atoms with Crippen LogP contribution in [0.1, 0.15) is 50.2 Å². The normalized spacial score (nSPS) is 23.4. The first-order valence-corrected chi connectivity index (χ1v) is 6.85. The predicted octanol–water partition coefficient (Wildman–Crippen LogP) is 1.63. The largest absolute Gasteiger partial charge is 0.481 e. The van der Waals surface area contributed by atoms with Gasteiger partial charge in [-0.1, -0.05) is 5.16 Å². The Kier molecular flexibility index (Phi) is 3.05. The Balaban J connectivity index is 1.55. The van der Waals surface area contributed by atoms with E-state index >= 15 is 0 Å². The van der Waals surface area contributed by atoms with E-state index in [1.807, 2.05) is 6.92 Å². The fourth-order valence-corrected chi connectivity index (χ4v) is 2.45. The molecule has 0 amide bonds. The number of piperidine rings is 1. The van der Waals surface area contributed by atoms with Gasteiger partial charge >= 0.3 is 5.97 Å². The van der Waals surface area contributed by atoms with Crippen molar-refractivity contribution in [3.05, 3.63) is 11.7 Å². The van der Waals surface area contributed by atoms with Crippen LogP contribution in [0, 0.1) is 5.41 Å². The van der Waals surface area contributed by atoms with Gasteiger partial charge in [0.2, 0.25) is 5.89 Å². The first-order valence-electron chi connectivity index (χ1n) is 6.85. The topological polar surface area (TPSA) is 79.5 Å². The molecule has 1 aromatic heterocycles. The van der Waals surface area contributed by atoms with E-state index in [0.29, 0.717) is 31.2 Å². The Morgan fingerprint density at radius 2 is 2.16 bits per heavy atom. The van der Waals surface area contributed by atoms with Gasteiger partial charge in [-0.25, -0.2) is 0 Å². The number of likely N-dealkylation sites (tertiary alicyclic amines) is 1. The molecule has 2 aliphatic rings. The standard InChI is InChI=1S/C13H19N3O3/c1-13(12(17)18)4-6-16(7-5-13)8-10-14-11(15-19-10)9-2-3-9/h9H,2-8H2,1H3,(H,17,18). The zero-order chi connectivity index (χ0) is 13.5. The van der Waals surface area contributed by atoms with E-state index in [1.165, 1.54) is 12.8 Å². The molecule has 6 nitrogen and oxygen atoms in total. The minimum Gasteiger partial charge on any atom is -0.481 e. The first kappa shape index (κ1) is 12.6. The molecule has 1 aliphatic carbocycles. The van der Waals surface area contributed by atoms with Crippen molar-refractivity contribution >= 4 is 5.97 Å². The molecule has 0 unspecified atom stereocenters. The lowest BCUT2D eigenvalue weighted by Gasteiger charge is -2.35. The Bertz CT molecular complexity index is 473. The Hall–Kier alpha value is -1.43. The number of carboxylic acid groups (broad SMARTS) is 1. The van der Waals surface area contributed by atoms with Gasteiger partial charge in [0, 0.05) is 5.92 Å². The maximum atomic E-state index is 11.2. The van der Waals surface area contributed by atoms with Crippen LogP contribution in [-0.4, -0.2) is 39.2 Å². The summed E-state index contributed by atoms with van der Waals surface area (Å²) >= 11 is 0. The Morgan fingerprint density at radius 3 is 2.74 bits per heavy atom. The molecule has 1 N–H and O–H groups in total. The smallest absolute Gasteiger partial charge is 0.309 e. The number of rotatable bonds is 4. The van der Waals surface area contributed by atoms with Gasteiger partial charge in [-0.2, -0.15) is 4.98 Å². The summed E-state index contributed by atoms with van der Waals surface area (Å²) in [5, 5.41) is 13.2. The summed E-state index contributed by atoms with van der Waals surface area (Å²) in [4.78, 5) is 17.8. The highest BCUT2D eigenvalue weighted by atomic mass is 16.5. The number of aromatic nitrogens is 2. The molecule has 2 fully saturated rings. The van der Waals surface area contributed by atoms with Gasteiger partial charge in [0.25, 0.3) is 0 Å². The molecule has 1 saturated carbocycles. The van der Waals surface area contributed by atoms with E-state index in [1.54, 1.807) is 0 Å². The molecule has 2 heterocycles. The van der Waals surface area contributed by atoms with Crippen molar-refractivity contribution in [2.24, 2.45) is 5.41 Å². The van der Waals surface area contributed by atoms with E-state index < -0.39 is 11.4 Å². The van der Waals surface area contributed by atoms with Crippen molar-refractivity contribution in [3.63, 3.8) is 0 Å². The number of hydrogen-bond donors (Lipinski definition) is 1. The second kappa shape index (κ2) is 4.59. The summed E-state index contributed by atoms with van der Waals surface area (Å²) in [5.74, 6) is 1.30. The van der Waals surface area contributed by atoms with Gasteiger partial charge in [0.1, 0.15) is 0 Å². The Labute approximate surface area is 111 Å². The number of aliphatic carboxylic acids is 1. The highest BCUT2D eigenvalue weighted by molar-refractivity contribution is 5.74. The minimum absolute atomic E-state index is 0.508. The monoisotopic (exact) mass is 265 g/mol. The fraction of sp³-hybridized carbons (Fsp3) is 0.769. The average Bonchev–Trinajstić information content (AvgIpc) is 3.13. The van der Waals surface area contributed by atoms with E-state index in [9.17, 15) is 9.90 Å². The van der Waals surface area contributed by atoms with Crippen LogP contribution in [0.5, 0.6) is 0 Å². The SMILES string of the molecule is CC1(C(=O)O)CCN(Cc2nc(C3CC3)no2)CC1. The number of nitrogens with zero attached hydrogens (tertiary/aromatic N) is 3. The highest BCUT2D eigenvalue weighted by Gasteiger charge is 2.37. The van der Waals surface area contributed by atoms with Crippen LogP contribution in [0.2, 0.25) is 0 Å². The second-order valence-corrected chi connectivity index (χ2v) is 5.96. The van der Waals surface area contributed by atoms with E-state index in [0.717, 1.165) is 18.9 Å². The molecule has 0 aromatic carbocycles. The van der Waals surface area contributed by atoms with Crippen LogP contribution < -0.4 is 0 Å². The van der Waals surface area contributed by atoms with Crippen molar-refractivity contribution in [1.29, 1.82) is 0 Å². The fourth-order valence-electron chi connectivity index (χ4n) is 2.45. The molecule has 6 heteroatoms. The molecule has 0 spiro atoms. The summed E-state index contributed by atoms with van der Waals surface area (Å²) in [7, 11) is 0. The molecule has 1 aliphatic heterocycles. The maximum Gasteiger partial charge on any atom is 0.309 e. The van der Waals surface area contributed by atoms with Gasteiger partial charge in [-0.05, 0) is 45.7 Å².